The predicted molar refractivity (Wildman–Crippen MR) is 97.8 cm³/mol. The van der Waals surface area contributed by atoms with Crippen molar-refractivity contribution in [1.82, 2.24) is 19.4 Å². The van der Waals surface area contributed by atoms with Crippen LogP contribution < -0.4 is 4.90 Å². The Balaban J connectivity index is 1.52. The van der Waals surface area contributed by atoms with Gasteiger partial charge in [0, 0.05) is 56.5 Å². The quantitative estimate of drug-likeness (QED) is 0.721. The molecule has 3 aromatic rings. The lowest BCUT2D eigenvalue weighted by Gasteiger charge is -2.34. The Labute approximate surface area is 146 Å². The molecular formula is C19H21N5O. The van der Waals surface area contributed by atoms with Gasteiger partial charge in [-0.2, -0.15) is 0 Å². The molecular weight excluding hydrogens is 314 g/mol. The maximum Gasteiger partial charge on any atom is 0.270 e. The molecule has 128 valence electrons. The molecule has 1 amide bonds. The van der Waals surface area contributed by atoms with E-state index in [9.17, 15) is 4.79 Å². The fraction of sp³-hybridized carbons (Fsp3) is 0.316. The van der Waals surface area contributed by atoms with E-state index in [1.807, 2.05) is 28.6 Å². The van der Waals surface area contributed by atoms with Crippen LogP contribution in [0.4, 0.5) is 5.95 Å². The number of carbonyl (C=O) groups is 1. The Morgan fingerprint density at radius 1 is 1.04 bits per heavy atom. The van der Waals surface area contributed by atoms with E-state index in [2.05, 4.69) is 40.0 Å². The van der Waals surface area contributed by atoms with Gasteiger partial charge in [-0.25, -0.2) is 9.97 Å². The zero-order valence-corrected chi connectivity index (χ0v) is 14.5. The van der Waals surface area contributed by atoms with Gasteiger partial charge in [-0.15, -0.1) is 0 Å². The summed E-state index contributed by atoms with van der Waals surface area (Å²) >= 11 is 0. The number of hydrogen-bond donors (Lipinski definition) is 0. The van der Waals surface area contributed by atoms with Crippen molar-refractivity contribution in [2.45, 2.75) is 6.92 Å². The monoisotopic (exact) mass is 335 g/mol. The topological polar surface area (TPSA) is 54.3 Å². The van der Waals surface area contributed by atoms with Crippen LogP contribution in [0, 0.1) is 6.92 Å². The highest BCUT2D eigenvalue weighted by Crippen LogP contribution is 2.22. The molecule has 0 spiro atoms. The lowest BCUT2D eigenvalue weighted by Crippen LogP contribution is -2.49. The average molecular weight is 335 g/mol. The standard InChI is InChI=1S/C19H21N5O/c1-14-4-5-15-13-17(22(2)16(15)12-14)18(25)23-8-10-24(11-9-23)19-20-6-3-7-21-19/h3-7,12-13H,8-11H2,1-2H3. The highest BCUT2D eigenvalue weighted by atomic mass is 16.2. The molecule has 0 aliphatic carbocycles. The Morgan fingerprint density at radius 2 is 1.76 bits per heavy atom. The van der Waals surface area contributed by atoms with Crippen molar-refractivity contribution in [3.05, 3.63) is 54.0 Å². The number of fused-ring (bicyclic) bond motifs is 1. The molecule has 25 heavy (non-hydrogen) atoms. The molecule has 1 aromatic carbocycles. The van der Waals surface area contributed by atoms with Crippen molar-refractivity contribution < 1.29 is 4.79 Å². The van der Waals surface area contributed by atoms with Crippen molar-refractivity contribution in [2.75, 3.05) is 31.1 Å². The smallest absolute Gasteiger partial charge is 0.270 e. The highest BCUT2D eigenvalue weighted by molar-refractivity contribution is 5.99. The predicted octanol–water partition coefficient (Wildman–Crippen LogP) is 2.24. The summed E-state index contributed by atoms with van der Waals surface area (Å²) in [4.78, 5) is 25.6. The summed E-state index contributed by atoms with van der Waals surface area (Å²) < 4.78 is 2.00. The lowest BCUT2D eigenvalue weighted by molar-refractivity contribution is 0.0737. The van der Waals surface area contributed by atoms with Crippen LogP contribution in [0.2, 0.25) is 0 Å². The third-order valence-corrected chi connectivity index (χ3v) is 4.82. The summed E-state index contributed by atoms with van der Waals surface area (Å²) in [7, 11) is 1.96. The summed E-state index contributed by atoms with van der Waals surface area (Å²) in [5.41, 5.74) is 3.04. The van der Waals surface area contributed by atoms with E-state index < -0.39 is 0 Å². The van der Waals surface area contributed by atoms with Gasteiger partial charge in [-0.1, -0.05) is 12.1 Å². The first-order valence-corrected chi connectivity index (χ1v) is 8.51. The third kappa shape index (κ3) is 2.84. The number of nitrogens with zero attached hydrogens (tertiary/aromatic N) is 5. The minimum absolute atomic E-state index is 0.0879. The van der Waals surface area contributed by atoms with Gasteiger partial charge in [-0.3, -0.25) is 4.79 Å². The zero-order valence-electron chi connectivity index (χ0n) is 14.5. The molecule has 0 atom stereocenters. The van der Waals surface area contributed by atoms with E-state index in [1.165, 1.54) is 5.56 Å². The number of carbonyl (C=O) groups excluding carboxylic acids is 1. The first kappa shape index (κ1) is 15.6. The summed E-state index contributed by atoms with van der Waals surface area (Å²) in [6.07, 6.45) is 3.49. The van der Waals surface area contributed by atoms with Gasteiger partial charge in [0.05, 0.1) is 0 Å². The Kier molecular flexibility index (Phi) is 3.87. The maximum absolute atomic E-state index is 13.0. The van der Waals surface area contributed by atoms with Crippen molar-refractivity contribution >= 4 is 22.8 Å². The Hall–Kier alpha value is -2.89. The number of aryl methyl sites for hydroxylation is 2. The van der Waals surface area contributed by atoms with Gasteiger partial charge in [-0.05, 0) is 30.7 Å². The molecule has 4 rings (SSSR count). The maximum atomic E-state index is 13.0. The zero-order chi connectivity index (χ0) is 17.4. The molecule has 6 nitrogen and oxygen atoms in total. The molecule has 1 aliphatic rings. The fourth-order valence-electron chi connectivity index (χ4n) is 3.37. The second kappa shape index (κ2) is 6.20. The van der Waals surface area contributed by atoms with E-state index in [4.69, 9.17) is 0 Å². The summed E-state index contributed by atoms with van der Waals surface area (Å²) in [6.45, 7) is 4.92. The summed E-state index contributed by atoms with van der Waals surface area (Å²) in [5.74, 6) is 0.819. The van der Waals surface area contributed by atoms with Gasteiger partial charge in [0.2, 0.25) is 5.95 Å². The van der Waals surface area contributed by atoms with E-state index in [0.717, 1.165) is 35.6 Å². The van der Waals surface area contributed by atoms with Crippen LogP contribution in [-0.4, -0.2) is 51.5 Å². The number of amides is 1. The largest absolute Gasteiger partial charge is 0.340 e. The van der Waals surface area contributed by atoms with Crippen molar-refractivity contribution in [1.29, 1.82) is 0 Å². The summed E-state index contributed by atoms with van der Waals surface area (Å²) in [6, 6.07) is 10.1. The fourth-order valence-corrected chi connectivity index (χ4v) is 3.37. The first-order chi connectivity index (χ1) is 12.1. The van der Waals surface area contributed by atoms with Crippen LogP contribution in [0.15, 0.2) is 42.7 Å². The van der Waals surface area contributed by atoms with E-state index in [0.29, 0.717) is 13.1 Å². The van der Waals surface area contributed by atoms with Crippen LogP contribution in [0.5, 0.6) is 0 Å². The van der Waals surface area contributed by atoms with Crippen molar-refractivity contribution in [2.24, 2.45) is 7.05 Å². The number of rotatable bonds is 2. The van der Waals surface area contributed by atoms with Crippen LogP contribution in [0.3, 0.4) is 0 Å². The van der Waals surface area contributed by atoms with Gasteiger partial charge < -0.3 is 14.4 Å². The van der Waals surface area contributed by atoms with Crippen LogP contribution >= 0.6 is 0 Å². The van der Waals surface area contributed by atoms with Gasteiger partial charge >= 0.3 is 0 Å². The van der Waals surface area contributed by atoms with Gasteiger partial charge in [0.15, 0.2) is 0 Å². The van der Waals surface area contributed by atoms with Gasteiger partial charge in [0.1, 0.15) is 5.69 Å². The molecule has 1 aliphatic heterocycles. The lowest BCUT2D eigenvalue weighted by atomic mass is 10.2. The molecule has 0 N–H and O–H groups in total. The van der Waals surface area contributed by atoms with Crippen molar-refractivity contribution in [3.63, 3.8) is 0 Å². The number of hydrogen-bond acceptors (Lipinski definition) is 4. The molecule has 3 heterocycles. The minimum Gasteiger partial charge on any atom is -0.340 e. The molecule has 0 bridgehead atoms. The number of anilines is 1. The van der Waals surface area contributed by atoms with Crippen LogP contribution in [0.1, 0.15) is 16.1 Å². The molecule has 0 saturated carbocycles. The molecule has 2 aromatic heterocycles. The Morgan fingerprint density at radius 3 is 2.48 bits per heavy atom. The first-order valence-electron chi connectivity index (χ1n) is 8.51. The van der Waals surface area contributed by atoms with Crippen molar-refractivity contribution in [3.8, 4) is 0 Å². The average Bonchev–Trinajstić information content (AvgIpc) is 2.98. The number of piperazine rings is 1. The van der Waals surface area contributed by atoms with Gasteiger partial charge in [0.25, 0.3) is 5.91 Å². The molecule has 6 heteroatoms. The number of aromatic nitrogens is 3. The SMILES string of the molecule is Cc1ccc2cc(C(=O)N3CCN(c4ncccn4)CC3)n(C)c2c1. The summed E-state index contributed by atoms with van der Waals surface area (Å²) in [5, 5.41) is 1.10. The second-order valence-corrected chi connectivity index (χ2v) is 6.48. The van der Waals surface area contributed by atoms with Crippen LogP contribution in [0.25, 0.3) is 10.9 Å². The van der Waals surface area contributed by atoms with Crippen LogP contribution in [-0.2, 0) is 7.05 Å². The second-order valence-electron chi connectivity index (χ2n) is 6.48. The number of benzene rings is 1. The molecule has 1 saturated heterocycles. The third-order valence-electron chi connectivity index (χ3n) is 4.82. The highest BCUT2D eigenvalue weighted by Gasteiger charge is 2.25. The van der Waals surface area contributed by atoms with E-state index >= 15 is 0 Å². The normalized spacial score (nSPS) is 15.0. The molecule has 1 fully saturated rings. The molecule has 0 unspecified atom stereocenters. The minimum atomic E-state index is 0.0879. The van der Waals surface area contributed by atoms with E-state index in [-0.39, 0.29) is 5.91 Å². The molecule has 0 radical (unpaired) electrons. The van der Waals surface area contributed by atoms with E-state index in [1.54, 1.807) is 12.4 Å². The Bertz CT molecular complexity index is 910.